The summed E-state index contributed by atoms with van der Waals surface area (Å²) < 4.78 is 0. The van der Waals surface area contributed by atoms with E-state index in [1.54, 1.807) is 0 Å². The van der Waals surface area contributed by atoms with E-state index in [2.05, 4.69) is 49.9 Å². The first-order valence-electron chi connectivity index (χ1n) is 18.2. The summed E-state index contributed by atoms with van der Waals surface area (Å²) in [5, 5.41) is 0. The fraction of sp³-hybridized carbons (Fsp3) is 0.842. The molecule has 0 aromatic heterocycles. The van der Waals surface area contributed by atoms with Crippen molar-refractivity contribution in [2.75, 3.05) is 18.0 Å². The largest absolute Gasteiger partial charge is 0.372 e. The molecule has 0 saturated heterocycles. The van der Waals surface area contributed by atoms with Crippen LogP contribution in [0.25, 0.3) is 0 Å². The maximum atomic E-state index is 2.70. The summed E-state index contributed by atoms with van der Waals surface area (Å²) in [5.74, 6) is 0. The molecule has 0 unspecified atom stereocenters. The number of aryl methyl sites for hydroxylation is 1. The van der Waals surface area contributed by atoms with Crippen molar-refractivity contribution in [3.63, 3.8) is 0 Å². The zero-order chi connectivity index (χ0) is 28.1. The zero-order valence-electron chi connectivity index (χ0n) is 27.7. The first kappa shape index (κ1) is 39.3. The molecule has 0 fully saturated rings. The van der Waals surface area contributed by atoms with Crippen LogP contribution >= 0.6 is 12.4 Å². The minimum atomic E-state index is 0. The van der Waals surface area contributed by atoms with Crippen molar-refractivity contribution in [2.24, 2.45) is 0 Å². The van der Waals surface area contributed by atoms with Crippen molar-refractivity contribution in [3.8, 4) is 0 Å². The Labute approximate surface area is 259 Å². The van der Waals surface area contributed by atoms with E-state index in [1.165, 1.54) is 198 Å². The highest BCUT2D eigenvalue weighted by Gasteiger charge is 2.07. The van der Waals surface area contributed by atoms with Crippen LogP contribution in [-0.2, 0) is 6.42 Å². The zero-order valence-corrected chi connectivity index (χ0v) is 28.5. The fourth-order valence-electron chi connectivity index (χ4n) is 5.91. The lowest BCUT2D eigenvalue weighted by Crippen LogP contribution is -2.25. The summed E-state index contributed by atoms with van der Waals surface area (Å²) in [5.41, 5.74) is 2.97. The number of anilines is 1. The molecule has 0 aliphatic heterocycles. The maximum Gasteiger partial charge on any atom is 0.0366 e. The highest BCUT2D eigenvalue weighted by Crippen LogP contribution is 2.20. The van der Waals surface area contributed by atoms with Crippen molar-refractivity contribution < 1.29 is 0 Å². The van der Waals surface area contributed by atoms with E-state index in [-0.39, 0.29) is 12.4 Å². The van der Waals surface area contributed by atoms with E-state index in [1.807, 2.05) is 0 Å². The Kier molecular flexibility index (Phi) is 30.7. The van der Waals surface area contributed by atoms with E-state index in [0.717, 1.165) is 0 Å². The number of rotatable bonds is 30. The third-order valence-electron chi connectivity index (χ3n) is 8.68. The lowest BCUT2D eigenvalue weighted by molar-refractivity contribution is 0.535. The van der Waals surface area contributed by atoms with E-state index >= 15 is 0 Å². The third kappa shape index (κ3) is 24.0. The van der Waals surface area contributed by atoms with Gasteiger partial charge in [0.1, 0.15) is 0 Å². The van der Waals surface area contributed by atoms with Crippen LogP contribution in [0.1, 0.15) is 193 Å². The van der Waals surface area contributed by atoms with Crippen LogP contribution < -0.4 is 4.90 Å². The minimum Gasteiger partial charge on any atom is -0.372 e. The summed E-state index contributed by atoms with van der Waals surface area (Å²) in [6.07, 6.45) is 38.2. The van der Waals surface area contributed by atoms with Gasteiger partial charge < -0.3 is 4.90 Å². The lowest BCUT2D eigenvalue weighted by atomic mass is 10.0. The lowest BCUT2D eigenvalue weighted by Gasteiger charge is -2.25. The van der Waals surface area contributed by atoms with Gasteiger partial charge in [-0.1, -0.05) is 181 Å². The van der Waals surface area contributed by atoms with Gasteiger partial charge in [-0.15, -0.1) is 12.4 Å². The smallest absolute Gasteiger partial charge is 0.0366 e. The van der Waals surface area contributed by atoms with E-state index in [9.17, 15) is 0 Å². The second kappa shape index (κ2) is 31.3. The molecule has 236 valence electrons. The van der Waals surface area contributed by atoms with Gasteiger partial charge in [0, 0.05) is 18.8 Å². The Bertz CT molecular complexity index is 570. The second-order valence-corrected chi connectivity index (χ2v) is 12.5. The molecule has 0 N–H and O–H groups in total. The molecule has 1 rings (SSSR count). The van der Waals surface area contributed by atoms with Gasteiger partial charge in [-0.05, 0) is 43.4 Å². The molecule has 2 heteroatoms. The summed E-state index contributed by atoms with van der Waals surface area (Å²) in [6, 6.07) is 9.60. The van der Waals surface area contributed by atoms with Crippen LogP contribution in [0, 0.1) is 0 Å². The predicted octanol–water partition coefficient (Wildman–Crippen LogP) is 13.7. The van der Waals surface area contributed by atoms with Crippen molar-refractivity contribution in [1.82, 2.24) is 0 Å². The topological polar surface area (TPSA) is 3.24 Å². The molecular formula is C38H72ClN. The van der Waals surface area contributed by atoms with Crippen molar-refractivity contribution in [3.05, 3.63) is 29.8 Å². The van der Waals surface area contributed by atoms with Gasteiger partial charge in [-0.25, -0.2) is 0 Å². The maximum absolute atomic E-state index is 2.70. The van der Waals surface area contributed by atoms with Crippen LogP contribution in [-0.4, -0.2) is 13.1 Å². The number of unbranched alkanes of at least 4 members (excludes halogenated alkanes) is 23. The molecule has 1 aromatic carbocycles. The number of hydrogen-bond donors (Lipinski definition) is 0. The van der Waals surface area contributed by atoms with E-state index in [4.69, 9.17) is 0 Å². The average molecular weight is 578 g/mol. The summed E-state index contributed by atoms with van der Waals surface area (Å²) >= 11 is 0. The highest BCUT2D eigenvalue weighted by molar-refractivity contribution is 5.85. The van der Waals surface area contributed by atoms with Crippen molar-refractivity contribution in [2.45, 2.75) is 194 Å². The van der Waals surface area contributed by atoms with Gasteiger partial charge >= 0.3 is 0 Å². The SMILES string of the molecule is CCCCCCCCCCCCCCN(CCCCCCCCCCCCCC)c1ccc(CCCC)cc1.Cl. The Morgan fingerprint density at radius 2 is 0.675 bits per heavy atom. The number of halogens is 1. The summed E-state index contributed by atoms with van der Waals surface area (Å²) in [7, 11) is 0. The Hall–Kier alpha value is -0.690. The molecule has 0 aliphatic rings. The van der Waals surface area contributed by atoms with Crippen LogP contribution in [0.15, 0.2) is 24.3 Å². The Morgan fingerprint density at radius 3 is 1.00 bits per heavy atom. The fourth-order valence-corrected chi connectivity index (χ4v) is 5.91. The molecule has 40 heavy (non-hydrogen) atoms. The molecule has 0 heterocycles. The molecular weight excluding hydrogens is 506 g/mol. The molecule has 0 aliphatic carbocycles. The third-order valence-corrected chi connectivity index (χ3v) is 8.68. The highest BCUT2D eigenvalue weighted by atomic mass is 35.5. The first-order valence-corrected chi connectivity index (χ1v) is 18.2. The van der Waals surface area contributed by atoms with Crippen molar-refractivity contribution >= 4 is 18.1 Å². The first-order chi connectivity index (χ1) is 19.3. The quantitative estimate of drug-likeness (QED) is 0.0821. The average Bonchev–Trinajstić information content (AvgIpc) is 2.96. The molecule has 0 amide bonds. The van der Waals surface area contributed by atoms with Gasteiger partial charge in [0.25, 0.3) is 0 Å². The second-order valence-electron chi connectivity index (χ2n) is 12.5. The molecule has 0 saturated carbocycles. The molecule has 0 spiro atoms. The van der Waals surface area contributed by atoms with E-state index < -0.39 is 0 Å². The Morgan fingerprint density at radius 1 is 0.375 bits per heavy atom. The molecule has 1 nitrogen and oxygen atoms in total. The van der Waals surface area contributed by atoms with Gasteiger partial charge in [-0.3, -0.25) is 0 Å². The monoisotopic (exact) mass is 578 g/mol. The summed E-state index contributed by atoms with van der Waals surface area (Å²) in [6.45, 7) is 9.39. The summed E-state index contributed by atoms with van der Waals surface area (Å²) in [4.78, 5) is 2.70. The van der Waals surface area contributed by atoms with Gasteiger partial charge in [0.15, 0.2) is 0 Å². The standard InChI is InChI=1S/C38H71N.ClH/c1-4-7-10-12-14-16-18-20-22-24-26-28-35-39(38-33-31-37(32-34-38)30-9-6-3)36-29-27-25-23-21-19-17-15-13-11-8-5-2;/h31-34H,4-30,35-36H2,1-3H3;1H. The Balaban J connectivity index is 0.0000152. The van der Waals surface area contributed by atoms with Gasteiger partial charge in [0.05, 0.1) is 0 Å². The number of nitrogens with zero attached hydrogens (tertiary/aromatic N) is 1. The molecule has 0 bridgehead atoms. The minimum absolute atomic E-state index is 0. The van der Waals surface area contributed by atoms with E-state index in [0.29, 0.717) is 0 Å². The van der Waals surface area contributed by atoms with Gasteiger partial charge in [-0.2, -0.15) is 0 Å². The van der Waals surface area contributed by atoms with Crippen LogP contribution in [0.3, 0.4) is 0 Å². The predicted molar refractivity (Wildman–Crippen MR) is 187 cm³/mol. The van der Waals surface area contributed by atoms with Crippen molar-refractivity contribution in [1.29, 1.82) is 0 Å². The number of hydrogen-bond acceptors (Lipinski definition) is 1. The van der Waals surface area contributed by atoms with Crippen LogP contribution in [0.4, 0.5) is 5.69 Å². The van der Waals surface area contributed by atoms with Crippen LogP contribution in [0.2, 0.25) is 0 Å². The number of benzene rings is 1. The van der Waals surface area contributed by atoms with Crippen LogP contribution in [0.5, 0.6) is 0 Å². The normalized spacial score (nSPS) is 11.1. The molecule has 0 atom stereocenters. The van der Waals surface area contributed by atoms with Gasteiger partial charge in [0.2, 0.25) is 0 Å². The molecule has 1 aromatic rings. The molecule has 0 radical (unpaired) electrons.